The second-order valence-corrected chi connectivity index (χ2v) is 5.39. The molecule has 1 N–H and O–H groups in total. The SMILES string of the molecule is COc1ccccc1NC1=NC(C(C)C)CS1. The number of benzene rings is 1. The first-order valence-corrected chi connectivity index (χ1v) is 6.80. The molecule has 0 saturated heterocycles. The van der Waals surface area contributed by atoms with Gasteiger partial charge in [0, 0.05) is 5.75 Å². The molecule has 0 spiro atoms. The first kappa shape index (κ1) is 12.3. The minimum atomic E-state index is 0.428. The van der Waals surface area contributed by atoms with Gasteiger partial charge in [0.1, 0.15) is 5.75 Å². The summed E-state index contributed by atoms with van der Waals surface area (Å²) in [4.78, 5) is 4.67. The maximum Gasteiger partial charge on any atom is 0.161 e. The molecule has 1 aromatic rings. The summed E-state index contributed by atoms with van der Waals surface area (Å²) in [7, 11) is 1.68. The molecule has 0 aromatic heterocycles. The molecule has 3 nitrogen and oxygen atoms in total. The first-order chi connectivity index (χ1) is 8.20. The molecule has 0 aliphatic carbocycles. The smallest absolute Gasteiger partial charge is 0.161 e. The summed E-state index contributed by atoms with van der Waals surface area (Å²) >= 11 is 1.78. The van der Waals surface area contributed by atoms with E-state index in [-0.39, 0.29) is 0 Å². The summed E-state index contributed by atoms with van der Waals surface area (Å²) in [5, 5.41) is 4.33. The molecule has 0 radical (unpaired) electrons. The summed E-state index contributed by atoms with van der Waals surface area (Å²) in [6.45, 7) is 4.42. The number of anilines is 1. The van der Waals surface area contributed by atoms with Crippen molar-refractivity contribution in [3.05, 3.63) is 24.3 Å². The zero-order valence-electron chi connectivity index (χ0n) is 10.4. The van der Waals surface area contributed by atoms with E-state index in [1.807, 2.05) is 24.3 Å². The highest BCUT2D eigenvalue weighted by atomic mass is 32.2. The second-order valence-electron chi connectivity index (χ2n) is 4.38. The van der Waals surface area contributed by atoms with Crippen LogP contribution in [0, 0.1) is 5.92 Å². The van der Waals surface area contributed by atoms with Crippen LogP contribution in [0.4, 0.5) is 5.69 Å². The number of hydrogen-bond acceptors (Lipinski definition) is 4. The molecule has 0 fully saturated rings. The molecule has 1 atom stereocenters. The molecule has 1 aliphatic rings. The number of hydrogen-bond donors (Lipinski definition) is 1. The van der Waals surface area contributed by atoms with Gasteiger partial charge in [-0.05, 0) is 18.1 Å². The molecule has 4 heteroatoms. The molecule has 0 saturated carbocycles. The number of nitrogens with zero attached hydrogens (tertiary/aromatic N) is 1. The number of thioether (sulfide) groups is 1. The van der Waals surface area contributed by atoms with Crippen LogP contribution in [-0.2, 0) is 0 Å². The number of para-hydroxylation sites is 2. The number of methoxy groups -OCH3 is 1. The van der Waals surface area contributed by atoms with E-state index in [1.165, 1.54) is 0 Å². The monoisotopic (exact) mass is 250 g/mol. The highest BCUT2D eigenvalue weighted by molar-refractivity contribution is 8.14. The molecule has 2 rings (SSSR count). The van der Waals surface area contributed by atoms with Crippen molar-refractivity contribution in [1.82, 2.24) is 0 Å². The molecular formula is C13H18N2OS. The van der Waals surface area contributed by atoms with Crippen molar-refractivity contribution in [2.24, 2.45) is 10.9 Å². The molecule has 1 aliphatic heterocycles. The van der Waals surface area contributed by atoms with Gasteiger partial charge in [0.2, 0.25) is 0 Å². The predicted octanol–water partition coefficient (Wildman–Crippen LogP) is 3.23. The lowest BCUT2D eigenvalue weighted by Gasteiger charge is -2.10. The van der Waals surface area contributed by atoms with Gasteiger partial charge in [0.05, 0.1) is 18.8 Å². The number of amidine groups is 1. The van der Waals surface area contributed by atoms with Crippen LogP contribution in [0.1, 0.15) is 13.8 Å². The Morgan fingerprint density at radius 3 is 2.82 bits per heavy atom. The summed E-state index contributed by atoms with van der Waals surface area (Å²) in [5.41, 5.74) is 0.977. The van der Waals surface area contributed by atoms with Crippen molar-refractivity contribution in [3.8, 4) is 5.75 Å². The third-order valence-corrected chi connectivity index (χ3v) is 3.78. The topological polar surface area (TPSA) is 33.6 Å². The van der Waals surface area contributed by atoms with Crippen molar-refractivity contribution in [2.45, 2.75) is 19.9 Å². The Morgan fingerprint density at radius 2 is 2.18 bits per heavy atom. The normalized spacial score (nSPS) is 19.3. The van der Waals surface area contributed by atoms with Crippen molar-refractivity contribution in [2.75, 3.05) is 18.2 Å². The summed E-state index contributed by atoms with van der Waals surface area (Å²) in [6.07, 6.45) is 0. The van der Waals surface area contributed by atoms with Crippen LogP contribution in [0.25, 0.3) is 0 Å². The summed E-state index contributed by atoms with van der Waals surface area (Å²) in [5.74, 6) is 2.51. The fourth-order valence-corrected chi connectivity index (χ4v) is 2.84. The van der Waals surface area contributed by atoms with Gasteiger partial charge in [-0.25, -0.2) is 0 Å². The van der Waals surface area contributed by atoms with Gasteiger partial charge in [-0.3, -0.25) is 4.99 Å². The first-order valence-electron chi connectivity index (χ1n) is 5.81. The van der Waals surface area contributed by atoms with Crippen LogP contribution in [0.15, 0.2) is 29.3 Å². The molecular weight excluding hydrogens is 232 g/mol. The Balaban J connectivity index is 2.09. The number of rotatable bonds is 3. The minimum Gasteiger partial charge on any atom is -0.495 e. The summed E-state index contributed by atoms with van der Waals surface area (Å²) in [6, 6.07) is 8.33. The Kier molecular flexibility index (Phi) is 3.94. The third-order valence-electron chi connectivity index (χ3n) is 2.79. The molecule has 17 heavy (non-hydrogen) atoms. The van der Waals surface area contributed by atoms with E-state index in [9.17, 15) is 0 Å². The van der Waals surface area contributed by atoms with Crippen molar-refractivity contribution in [3.63, 3.8) is 0 Å². The predicted molar refractivity (Wildman–Crippen MR) is 75.1 cm³/mol. The zero-order chi connectivity index (χ0) is 12.3. The van der Waals surface area contributed by atoms with Crippen LogP contribution < -0.4 is 10.1 Å². The molecule has 1 heterocycles. The Labute approximate surface area is 107 Å². The summed E-state index contributed by atoms with van der Waals surface area (Å²) < 4.78 is 5.30. The lowest BCUT2D eigenvalue weighted by atomic mass is 10.1. The van der Waals surface area contributed by atoms with E-state index in [1.54, 1.807) is 18.9 Å². The number of aliphatic imine (C=N–C) groups is 1. The third kappa shape index (κ3) is 2.94. The quantitative estimate of drug-likeness (QED) is 0.894. The molecule has 0 bridgehead atoms. The molecule has 1 unspecified atom stereocenters. The maximum absolute atomic E-state index is 5.30. The lowest BCUT2D eigenvalue weighted by molar-refractivity contribution is 0.417. The van der Waals surface area contributed by atoms with E-state index < -0.39 is 0 Å². The van der Waals surface area contributed by atoms with Crippen LogP contribution in [0.5, 0.6) is 5.75 Å². The Morgan fingerprint density at radius 1 is 1.41 bits per heavy atom. The van der Waals surface area contributed by atoms with Gasteiger partial charge in [0.25, 0.3) is 0 Å². The number of ether oxygens (including phenoxy) is 1. The van der Waals surface area contributed by atoms with Gasteiger partial charge in [-0.1, -0.05) is 37.7 Å². The standard InChI is InChI=1S/C13H18N2OS/c1-9(2)11-8-17-13(15-11)14-10-6-4-5-7-12(10)16-3/h4-7,9,11H,8H2,1-3H3,(H,14,15). The van der Waals surface area contributed by atoms with E-state index >= 15 is 0 Å². The van der Waals surface area contributed by atoms with Gasteiger partial charge in [-0.2, -0.15) is 0 Å². The van der Waals surface area contributed by atoms with E-state index in [0.717, 1.165) is 22.4 Å². The largest absolute Gasteiger partial charge is 0.495 e. The van der Waals surface area contributed by atoms with Crippen LogP contribution in [-0.4, -0.2) is 24.1 Å². The number of nitrogens with one attached hydrogen (secondary N) is 1. The molecule has 0 amide bonds. The second kappa shape index (κ2) is 5.45. The highest BCUT2D eigenvalue weighted by Crippen LogP contribution is 2.28. The van der Waals surface area contributed by atoms with E-state index in [0.29, 0.717) is 12.0 Å². The lowest BCUT2D eigenvalue weighted by Crippen LogP contribution is -2.12. The molecule has 1 aromatic carbocycles. The van der Waals surface area contributed by atoms with Crippen molar-refractivity contribution >= 4 is 22.6 Å². The maximum atomic E-state index is 5.30. The van der Waals surface area contributed by atoms with E-state index in [4.69, 9.17) is 4.74 Å². The van der Waals surface area contributed by atoms with Gasteiger partial charge < -0.3 is 10.1 Å². The van der Waals surface area contributed by atoms with Crippen LogP contribution >= 0.6 is 11.8 Å². The Bertz CT molecular complexity index is 418. The van der Waals surface area contributed by atoms with E-state index in [2.05, 4.69) is 24.2 Å². The van der Waals surface area contributed by atoms with Crippen LogP contribution in [0.3, 0.4) is 0 Å². The average molecular weight is 250 g/mol. The van der Waals surface area contributed by atoms with Gasteiger partial charge >= 0.3 is 0 Å². The van der Waals surface area contributed by atoms with Crippen LogP contribution in [0.2, 0.25) is 0 Å². The molecule has 92 valence electrons. The van der Waals surface area contributed by atoms with Crippen molar-refractivity contribution in [1.29, 1.82) is 0 Å². The fourth-order valence-electron chi connectivity index (χ4n) is 1.66. The van der Waals surface area contributed by atoms with Gasteiger partial charge in [-0.15, -0.1) is 0 Å². The zero-order valence-corrected chi connectivity index (χ0v) is 11.3. The fraction of sp³-hybridized carbons (Fsp3) is 0.462. The van der Waals surface area contributed by atoms with Crippen molar-refractivity contribution < 1.29 is 4.74 Å². The Hall–Kier alpha value is -1.16. The minimum absolute atomic E-state index is 0.428. The highest BCUT2D eigenvalue weighted by Gasteiger charge is 2.21. The van der Waals surface area contributed by atoms with Gasteiger partial charge in [0.15, 0.2) is 5.17 Å². The average Bonchev–Trinajstić information content (AvgIpc) is 2.78.